The van der Waals surface area contributed by atoms with Crippen LogP contribution in [0.25, 0.3) is 10.2 Å². The van der Waals surface area contributed by atoms with E-state index in [1.54, 1.807) is 18.4 Å². The number of thiophene rings is 1. The molecule has 0 spiro atoms. The number of hydrogen-bond acceptors (Lipinski definition) is 7. The molecule has 0 saturated heterocycles. The molecular formula is C13H14N6OS. The van der Waals surface area contributed by atoms with Crippen molar-refractivity contribution in [2.24, 2.45) is 5.84 Å². The first-order valence-corrected chi connectivity index (χ1v) is 7.22. The maximum absolute atomic E-state index is 12.1. The first-order valence-electron chi connectivity index (χ1n) is 6.34. The first-order chi connectivity index (χ1) is 10.1. The molecule has 3 aromatic heterocycles. The SMILES string of the molecule is Cc1cc(=O)n(Cc2nc(NN)c3ccsc3n2)c(C)n1. The minimum atomic E-state index is -0.114. The number of nitrogens with two attached hydrogens (primary N) is 1. The molecule has 0 saturated carbocycles. The topological polar surface area (TPSA) is 98.7 Å². The molecule has 3 aromatic rings. The van der Waals surface area contributed by atoms with Gasteiger partial charge in [0.1, 0.15) is 10.7 Å². The van der Waals surface area contributed by atoms with Crippen LogP contribution >= 0.6 is 11.3 Å². The van der Waals surface area contributed by atoms with Crippen molar-refractivity contribution in [2.45, 2.75) is 20.4 Å². The van der Waals surface area contributed by atoms with Crippen molar-refractivity contribution in [3.05, 3.63) is 45.2 Å². The van der Waals surface area contributed by atoms with E-state index in [-0.39, 0.29) is 12.1 Å². The summed E-state index contributed by atoms with van der Waals surface area (Å²) in [5.41, 5.74) is 3.16. The van der Waals surface area contributed by atoms with Crippen molar-refractivity contribution in [3.63, 3.8) is 0 Å². The van der Waals surface area contributed by atoms with Crippen molar-refractivity contribution in [1.82, 2.24) is 19.5 Å². The molecular weight excluding hydrogens is 288 g/mol. The molecule has 3 N–H and O–H groups in total. The minimum Gasteiger partial charge on any atom is -0.308 e. The Morgan fingerprint density at radius 3 is 2.86 bits per heavy atom. The lowest BCUT2D eigenvalue weighted by Gasteiger charge is -2.10. The van der Waals surface area contributed by atoms with Crippen molar-refractivity contribution >= 4 is 27.4 Å². The molecule has 3 rings (SSSR count). The Morgan fingerprint density at radius 2 is 2.14 bits per heavy atom. The normalized spacial score (nSPS) is 11.0. The van der Waals surface area contributed by atoms with Crippen LogP contribution in [0, 0.1) is 13.8 Å². The van der Waals surface area contributed by atoms with Crippen molar-refractivity contribution in [3.8, 4) is 0 Å². The summed E-state index contributed by atoms with van der Waals surface area (Å²) in [5.74, 6) is 7.22. The Labute approximate surface area is 124 Å². The summed E-state index contributed by atoms with van der Waals surface area (Å²) in [7, 11) is 0. The highest BCUT2D eigenvalue weighted by Crippen LogP contribution is 2.24. The van der Waals surface area contributed by atoms with Gasteiger partial charge in [-0.15, -0.1) is 11.3 Å². The first kappa shape index (κ1) is 13.7. The Balaban J connectivity index is 2.08. The molecule has 0 aliphatic carbocycles. The molecule has 0 amide bonds. The van der Waals surface area contributed by atoms with Crippen molar-refractivity contribution < 1.29 is 0 Å². The molecule has 0 atom stereocenters. The lowest BCUT2D eigenvalue weighted by Crippen LogP contribution is -2.25. The second kappa shape index (κ2) is 5.23. The summed E-state index contributed by atoms with van der Waals surface area (Å²) >= 11 is 1.50. The van der Waals surface area contributed by atoms with E-state index in [0.29, 0.717) is 23.2 Å². The van der Waals surface area contributed by atoms with Crippen LogP contribution in [-0.4, -0.2) is 19.5 Å². The zero-order valence-corrected chi connectivity index (χ0v) is 12.4. The Hall–Kier alpha value is -2.32. The number of nitrogens with one attached hydrogen (secondary N) is 1. The summed E-state index contributed by atoms with van der Waals surface area (Å²) in [6, 6.07) is 3.41. The molecule has 108 valence electrons. The van der Waals surface area contributed by atoms with Gasteiger partial charge in [-0.2, -0.15) is 0 Å². The van der Waals surface area contributed by atoms with Gasteiger partial charge >= 0.3 is 0 Å². The van der Waals surface area contributed by atoms with Gasteiger partial charge in [0.05, 0.1) is 11.9 Å². The monoisotopic (exact) mass is 302 g/mol. The van der Waals surface area contributed by atoms with Gasteiger partial charge in [0.25, 0.3) is 5.56 Å². The lowest BCUT2D eigenvalue weighted by molar-refractivity contribution is 0.667. The molecule has 7 nitrogen and oxygen atoms in total. The van der Waals surface area contributed by atoms with E-state index in [9.17, 15) is 4.79 Å². The summed E-state index contributed by atoms with van der Waals surface area (Å²) in [4.78, 5) is 26.0. The number of rotatable bonds is 3. The highest BCUT2D eigenvalue weighted by atomic mass is 32.1. The van der Waals surface area contributed by atoms with E-state index in [4.69, 9.17) is 5.84 Å². The second-order valence-electron chi connectivity index (χ2n) is 4.64. The van der Waals surface area contributed by atoms with Gasteiger partial charge in [-0.3, -0.25) is 9.36 Å². The molecule has 0 aliphatic rings. The lowest BCUT2D eigenvalue weighted by atomic mass is 10.3. The van der Waals surface area contributed by atoms with Crippen LogP contribution in [0.3, 0.4) is 0 Å². The summed E-state index contributed by atoms with van der Waals surface area (Å²) in [6.07, 6.45) is 0. The van der Waals surface area contributed by atoms with Gasteiger partial charge in [-0.1, -0.05) is 0 Å². The molecule has 0 bridgehead atoms. The smallest absolute Gasteiger partial charge is 0.254 e. The Morgan fingerprint density at radius 1 is 1.33 bits per heavy atom. The van der Waals surface area contributed by atoms with E-state index in [2.05, 4.69) is 20.4 Å². The maximum atomic E-state index is 12.1. The molecule has 0 radical (unpaired) electrons. The van der Waals surface area contributed by atoms with Crippen molar-refractivity contribution in [2.75, 3.05) is 5.43 Å². The molecule has 3 heterocycles. The quantitative estimate of drug-likeness (QED) is 0.557. The van der Waals surface area contributed by atoms with Gasteiger partial charge in [-0.05, 0) is 25.3 Å². The number of nitrogen functional groups attached to an aromatic ring is 1. The van der Waals surface area contributed by atoms with Gasteiger partial charge in [0, 0.05) is 11.8 Å². The predicted octanol–water partition coefficient (Wildman–Crippen LogP) is 1.20. The zero-order valence-electron chi connectivity index (χ0n) is 11.6. The minimum absolute atomic E-state index is 0.114. The van der Waals surface area contributed by atoms with Crippen LogP contribution in [0.2, 0.25) is 0 Å². The third-order valence-electron chi connectivity index (χ3n) is 3.13. The fourth-order valence-electron chi connectivity index (χ4n) is 2.18. The van der Waals surface area contributed by atoms with E-state index >= 15 is 0 Å². The van der Waals surface area contributed by atoms with E-state index in [1.165, 1.54) is 17.4 Å². The number of aromatic nitrogens is 4. The van der Waals surface area contributed by atoms with E-state index in [0.717, 1.165) is 10.2 Å². The van der Waals surface area contributed by atoms with Crippen LogP contribution in [0.15, 0.2) is 22.3 Å². The summed E-state index contributed by atoms with van der Waals surface area (Å²) < 4.78 is 1.54. The number of nitrogens with zero attached hydrogens (tertiary/aromatic N) is 4. The second-order valence-corrected chi connectivity index (χ2v) is 5.54. The standard InChI is InChI=1S/C13H14N6OS/c1-7-5-11(20)19(8(2)15-7)6-10-16-12(18-14)9-3-4-21-13(9)17-10/h3-5H,6,14H2,1-2H3,(H,16,17,18). The van der Waals surface area contributed by atoms with Crippen LogP contribution in [0.1, 0.15) is 17.3 Å². The molecule has 0 aromatic carbocycles. The Bertz CT molecular complexity index is 869. The third-order valence-corrected chi connectivity index (χ3v) is 3.94. The molecule has 8 heteroatoms. The van der Waals surface area contributed by atoms with Crippen LogP contribution in [0.4, 0.5) is 5.82 Å². The van der Waals surface area contributed by atoms with Gasteiger partial charge in [-0.25, -0.2) is 20.8 Å². The largest absolute Gasteiger partial charge is 0.308 e. The number of aryl methyl sites for hydroxylation is 2. The third kappa shape index (κ3) is 2.50. The number of anilines is 1. The molecule has 21 heavy (non-hydrogen) atoms. The van der Waals surface area contributed by atoms with Crippen LogP contribution in [0.5, 0.6) is 0 Å². The van der Waals surface area contributed by atoms with Crippen molar-refractivity contribution in [1.29, 1.82) is 0 Å². The van der Waals surface area contributed by atoms with Crippen LogP contribution < -0.4 is 16.8 Å². The molecule has 0 aliphatic heterocycles. The zero-order chi connectivity index (χ0) is 15.0. The molecule has 0 fully saturated rings. The summed E-state index contributed by atoms with van der Waals surface area (Å²) in [5, 5.41) is 2.80. The van der Waals surface area contributed by atoms with Gasteiger partial charge < -0.3 is 5.43 Å². The highest BCUT2D eigenvalue weighted by Gasteiger charge is 2.11. The molecule has 0 unspecified atom stereocenters. The fraction of sp³-hybridized carbons (Fsp3) is 0.231. The van der Waals surface area contributed by atoms with Crippen LogP contribution in [-0.2, 0) is 6.54 Å². The Kier molecular flexibility index (Phi) is 3.40. The van der Waals surface area contributed by atoms with E-state index < -0.39 is 0 Å². The number of hydrazine groups is 1. The average molecular weight is 302 g/mol. The highest BCUT2D eigenvalue weighted by molar-refractivity contribution is 7.16. The van der Waals surface area contributed by atoms with Gasteiger partial charge in [0.2, 0.25) is 0 Å². The van der Waals surface area contributed by atoms with Gasteiger partial charge in [0.15, 0.2) is 11.6 Å². The number of fused-ring (bicyclic) bond motifs is 1. The summed E-state index contributed by atoms with van der Waals surface area (Å²) in [6.45, 7) is 3.85. The average Bonchev–Trinajstić information content (AvgIpc) is 2.90. The fourth-order valence-corrected chi connectivity index (χ4v) is 2.96. The van der Waals surface area contributed by atoms with E-state index in [1.807, 2.05) is 11.4 Å². The number of hydrogen-bond donors (Lipinski definition) is 2. The maximum Gasteiger partial charge on any atom is 0.254 e. The predicted molar refractivity (Wildman–Crippen MR) is 82.3 cm³/mol.